The molecule has 0 bridgehead atoms. The maximum absolute atomic E-state index is 2.54. The van der Waals surface area contributed by atoms with E-state index in [0.717, 1.165) is 0 Å². The van der Waals surface area contributed by atoms with Crippen molar-refractivity contribution in [1.29, 1.82) is 0 Å². The van der Waals surface area contributed by atoms with Crippen LogP contribution in [0.4, 0.5) is 0 Å². The molecule has 5 heteroatoms. The van der Waals surface area contributed by atoms with Gasteiger partial charge in [-0.05, 0) is 0 Å². The molecule has 5 rings (SSSR count). The predicted octanol–water partition coefficient (Wildman–Crippen LogP) is -3.19. The van der Waals surface area contributed by atoms with Crippen molar-refractivity contribution < 1.29 is 57.7 Å². The van der Waals surface area contributed by atoms with Crippen molar-refractivity contribution in [2.24, 2.45) is 17.8 Å². The van der Waals surface area contributed by atoms with Crippen LogP contribution in [-0.4, -0.2) is 8.07 Å². The molecule has 0 heterocycles. The second-order valence-electron chi connectivity index (χ2n) is 10.3. The first kappa shape index (κ1) is 31.2. The van der Waals surface area contributed by atoms with Crippen LogP contribution in [0.25, 0.3) is 0 Å². The molecule has 1 fully saturated rings. The Morgan fingerprint density at radius 3 is 1.39 bits per heavy atom. The molecule has 0 nitrogen and oxygen atoms in total. The fraction of sp³-hybridized carbons (Fsp3) is 0.290. The van der Waals surface area contributed by atoms with Crippen molar-refractivity contribution in [3.63, 3.8) is 0 Å². The van der Waals surface area contributed by atoms with E-state index in [1.807, 2.05) is 0 Å². The molecule has 0 aliphatic heterocycles. The van der Waals surface area contributed by atoms with Gasteiger partial charge in [0.2, 0.25) is 0 Å². The Labute approximate surface area is 248 Å². The SMILES string of the molecule is Cc1cccc([Si](c2cccc(C)c2)(c2cccc(C)c2)C2C(C)[CH]([Ti+3])C3C=CC=CC32)c1.[Cl-].[Cl-].[Cl-]. The summed E-state index contributed by atoms with van der Waals surface area (Å²) in [4.78, 5) is 0. The number of aryl methyl sites for hydroxylation is 3. The van der Waals surface area contributed by atoms with Crippen molar-refractivity contribution >= 4 is 23.6 Å². The molecule has 3 aromatic rings. The van der Waals surface area contributed by atoms with Crippen LogP contribution in [0.5, 0.6) is 0 Å². The Bertz CT molecular complexity index is 1130. The minimum Gasteiger partial charge on any atom is -1.00 e. The summed E-state index contributed by atoms with van der Waals surface area (Å²) in [5, 5.41) is 4.68. The fourth-order valence-electron chi connectivity index (χ4n) is 6.72. The molecule has 0 saturated heterocycles. The number of hydrogen-bond acceptors (Lipinski definition) is 0. The van der Waals surface area contributed by atoms with Crippen LogP contribution < -0.4 is 52.8 Å². The molecule has 0 aromatic heterocycles. The number of fused-ring (bicyclic) bond motifs is 1. The molecule has 2 aliphatic rings. The van der Waals surface area contributed by atoms with Crippen molar-refractivity contribution in [3.8, 4) is 0 Å². The molecular formula is C31H33Cl3SiTi. The van der Waals surface area contributed by atoms with Crippen molar-refractivity contribution in [3.05, 3.63) is 114 Å². The number of benzene rings is 3. The van der Waals surface area contributed by atoms with Gasteiger partial charge in [-0.3, -0.25) is 0 Å². The fourth-order valence-corrected chi connectivity index (χ4v) is 14.4. The van der Waals surface area contributed by atoms with Crippen LogP contribution in [0, 0.1) is 38.5 Å². The molecule has 0 amide bonds. The van der Waals surface area contributed by atoms with Gasteiger partial charge in [-0.1, -0.05) is 0 Å². The normalized spacial score (nSPS) is 24.2. The van der Waals surface area contributed by atoms with E-state index in [9.17, 15) is 0 Å². The molecular weight excluding hydrogens is 555 g/mol. The average Bonchev–Trinajstić information content (AvgIpc) is 3.06. The quantitative estimate of drug-likeness (QED) is 0.223. The zero-order valence-corrected chi connectivity index (χ0v) is 26.1. The average molecular weight is 588 g/mol. The smallest absolute Gasteiger partial charge is 1.00 e. The van der Waals surface area contributed by atoms with Crippen LogP contribution in [0.2, 0.25) is 9.76 Å². The minimum atomic E-state index is -2.38. The molecule has 0 N–H and O–H groups in total. The van der Waals surface area contributed by atoms with E-state index in [0.29, 0.717) is 27.5 Å². The number of halogens is 3. The first-order valence-electron chi connectivity index (χ1n) is 12.2. The van der Waals surface area contributed by atoms with Crippen LogP contribution in [0.15, 0.2) is 97.1 Å². The van der Waals surface area contributed by atoms with E-state index in [1.54, 1.807) is 15.6 Å². The van der Waals surface area contributed by atoms with Gasteiger partial charge in [-0.15, -0.1) is 0 Å². The number of rotatable bonds is 4. The largest absolute Gasteiger partial charge is 1.00 e. The molecule has 186 valence electrons. The summed E-state index contributed by atoms with van der Waals surface area (Å²) >= 11 is 2.49. The van der Waals surface area contributed by atoms with E-state index in [2.05, 4.69) is 145 Å². The van der Waals surface area contributed by atoms with Crippen LogP contribution in [0.1, 0.15) is 23.6 Å². The summed E-state index contributed by atoms with van der Waals surface area (Å²) in [6.07, 6.45) is 9.62. The van der Waals surface area contributed by atoms with Gasteiger partial charge in [0.15, 0.2) is 0 Å². The summed E-state index contributed by atoms with van der Waals surface area (Å²) < 4.78 is 0.674. The van der Waals surface area contributed by atoms with Crippen molar-refractivity contribution in [1.82, 2.24) is 0 Å². The Balaban J connectivity index is 0.00000152. The Morgan fingerprint density at radius 2 is 1.00 bits per heavy atom. The zero-order chi connectivity index (χ0) is 23.2. The molecule has 3 aromatic carbocycles. The van der Waals surface area contributed by atoms with Gasteiger partial charge in [-0.2, -0.15) is 0 Å². The summed E-state index contributed by atoms with van der Waals surface area (Å²) in [6.45, 7) is 9.30. The summed E-state index contributed by atoms with van der Waals surface area (Å²) in [5.74, 6) is 1.84. The van der Waals surface area contributed by atoms with Gasteiger partial charge in [-0.25, -0.2) is 0 Å². The van der Waals surface area contributed by atoms with Gasteiger partial charge in [0.25, 0.3) is 0 Å². The number of allylic oxidation sites excluding steroid dienone is 4. The van der Waals surface area contributed by atoms with E-state index >= 15 is 0 Å². The molecule has 36 heavy (non-hydrogen) atoms. The van der Waals surface area contributed by atoms with Crippen LogP contribution >= 0.6 is 0 Å². The van der Waals surface area contributed by atoms with E-state index in [-0.39, 0.29) is 37.2 Å². The van der Waals surface area contributed by atoms with E-state index in [4.69, 9.17) is 0 Å². The third kappa shape index (κ3) is 5.26. The van der Waals surface area contributed by atoms with E-state index < -0.39 is 8.07 Å². The summed E-state index contributed by atoms with van der Waals surface area (Å²) in [7, 11) is -2.38. The predicted molar refractivity (Wildman–Crippen MR) is 140 cm³/mol. The van der Waals surface area contributed by atoms with Gasteiger partial charge in [0.05, 0.1) is 0 Å². The molecule has 5 atom stereocenters. The Kier molecular flexibility index (Phi) is 11.0. The summed E-state index contributed by atoms with van der Waals surface area (Å²) in [5.41, 5.74) is 4.68. The molecule has 0 radical (unpaired) electrons. The second-order valence-corrected chi connectivity index (χ2v) is 15.3. The first-order chi connectivity index (χ1) is 15.9. The summed E-state index contributed by atoms with van der Waals surface area (Å²) in [6, 6.07) is 28.5. The van der Waals surface area contributed by atoms with Gasteiger partial charge in [0.1, 0.15) is 0 Å². The van der Waals surface area contributed by atoms with Crippen molar-refractivity contribution in [2.75, 3.05) is 0 Å². The monoisotopic (exact) mass is 586 g/mol. The van der Waals surface area contributed by atoms with Gasteiger partial charge >= 0.3 is 213 Å². The first-order valence-corrected chi connectivity index (χ1v) is 15.2. The zero-order valence-electron chi connectivity index (χ0n) is 21.3. The topological polar surface area (TPSA) is 0 Å². The van der Waals surface area contributed by atoms with E-state index in [1.165, 1.54) is 16.7 Å². The minimum absolute atomic E-state index is 0. The molecule has 5 unspecified atom stereocenters. The third-order valence-electron chi connectivity index (χ3n) is 8.10. The maximum atomic E-state index is 2.54. The van der Waals surface area contributed by atoms with Gasteiger partial charge < -0.3 is 37.2 Å². The molecule has 0 spiro atoms. The van der Waals surface area contributed by atoms with Crippen LogP contribution in [-0.2, 0) is 20.4 Å². The molecule has 1 saturated carbocycles. The third-order valence-corrected chi connectivity index (χ3v) is 15.1. The number of hydrogen-bond donors (Lipinski definition) is 0. The Hall–Kier alpha value is -1.06. The Morgan fingerprint density at radius 1 is 0.611 bits per heavy atom. The standard InChI is InChI=1S/C31H33Si.3ClH.Ti/c1-22-10-7-14-27(18-22)32(28-15-8-11-23(2)19-28,29-16-9-12-24(3)20-29)31-25(4)21-26-13-5-6-17-30(26)31;;;;/h5-21,25-26,30-31H,1-4H3;3*1H;/q;;;;+3/p-3. The maximum Gasteiger partial charge on any atom is -1.00 e. The van der Waals surface area contributed by atoms with Gasteiger partial charge in [0, 0.05) is 0 Å². The van der Waals surface area contributed by atoms with Crippen LogP contribution in [0.3, 0.4) is 0 Å². The molecule has 2 aliphatic carbocycles. The second kappa shape index (κ2) is 12.7. The van der Waals surface area contributed by atoms with Crippen molar-refractivity contribution in [2.45, 2.75) is 37.5 Å².